The zero-order valence-electron chi connectivity index (χ0n) is 12.5. The molecule has 1 saturated heterocycles. The summed E-state index contributed by atoms with van der Waals surface area (Å²) in [5.74, 6) is 0.0504. The first-order valence-corrected chi connectivity index (χ1v) is 7.77. The van der Waals surface area contributed by atoms with Crippen LogP contribution in [0.2, 0.25) is 0 Å². The fourth-order valence-electron chi connectivity index (χ4n) is 2.78. The van der Waals surface area contributed by atoms with Crippen molar-refractivity contribution < 1.29 is 4.79 Å². The largest absolute Gasteiger partial charge is 0.340 e. The lowest BCUT2D eigenvalue weighted by Gasteiger charge is -2.31. The van der Waals surface area contributed by atoms with Crippen molar-refractivity contribution >= 4 is 5.91 Å². The van der Waals surface area contributed by atoms with Gasteiger partial charge in [0.05, 0.1) is 11.6 Å². The molecule has 2 atom stereocenters. The highest BCUT2D eigenvalue weighted by Gasteiger charge is 2.32. The molecule has 2 rings (SSSR count). The summed E-state index contributed by atoms with van der Waals surface area (Å²) in [6.45, 7) is 4.28. The number of carbonyl (C=O) groups excluding carboxylic acids is 1. The molecule has 1 fully saturated rings. The Morgan fingerprint density at radius 1 is 1.38 bits per heavy atom. The molecule has 5 N–H and O–H groups in total. The summed E-state index contributed by atoms with van der Waals surface area (Å²) in [5, 5.41) is 11.6. The van der Waals surface area contributed by atoms with E-state index >= 15 is 0 Å². The summed E-state index contributed by atoms with van der Waals surface area (Å²) in [6, 6.07) is -0.163. The second-order valence-corrected chi connectivity index (χ2v) is 5.53. The van der Waals surface area contributed by atoms with E-state index in [1.807, 2.05) is 11.0 Å². The maximum Gasteiger partial charge on any atom is 0.228 e. The van der Waals surface area contributed by atoms with E-state index in [1.54, 1.807) is 0 Å². The number of rotatable bonds is 7. The summed E-state index contributed by atoms with van der Waals surface area (Å²) in [7, 11) is 0. The maximum atomic E-state index is 12.8. The highest BCUT2D eigenvalue weighted by atomic mass is 16.2. The highest BCUT2D eigenvalue weighted by molar-refractivity contribution is 5.80. The quantitative estimate of drug-likeness (QED) is 0.567. The molecule has 118 valence electrons. The molecule has 0 aromatic carbocycles. The van der Waals surface area contributed by atoms with Gasteiger partial charge in [-0.3, -0.25) is 4.79 Å². The molecule has 0 saturated carbocycles. The van der Waals surface area contributed by atoms with Crippen molar-refractivity contribution in [3.8, 4) is 0 Å². The zero-order chi connectivity index (χ0) is 15.1. The van der Waals surface area contributed by atoms with Crippen LogP contribution in [0.3, 0.4) is 0 Å². The molecule has 21 heavy (non-hydrogen) atoms. The van der Waals surface area contributed by atoms with Crippen LogP contribution >= 0.6 is 0 Å². The molecule has 0 radical (unpaired) electrons. The van der Waals surface area contributed by atoms with Crippen LogP contribution in [0.5, 0.6) is 0 Å². The summed E-state index contributed by atoms with van der Waals surface area (Å²) in [5.41, 5.74) is 11.9. The van der Waals surface area contributed by atoms with Crippen molar-refractivity contribution in [2.24, 2.45) is 27.6 Å². The van der Waals surface area contributed by atoms with Crippen molar-refractivity contribution in [3.05, 3.63) is 11.8 Å². The Morgan fingerprint density at radius 3 is 2.76 bits per heavy atom. The van der Waals surface area contributed by atoms with E-state index in [2.05, 4.69) is 15.5 Å². The molecule has 2 aliphatic heterocycles. The van der Waals surface area contributed by atoms with Gasteiger partial charge < -0.3 is 21.7 Å². The van der Waals surface area contributed by atoms with Crippen LogP contribution in [0.4, 0.5) is 0 Å². The van der Waals surface area contributed by atoms with Crippen molar-refractivity contribution in [2.75, 3.05) is 39.3 Å². The van der Waals surface area contributed by atoms with Gasteiger partial charge in [-0.1, -0.05) is 6.42 Å². The lowest BCUT2D eigenvalue weighted by atomic mass is 9.92. The lowest BCUT2D eigenvalue weighted by Crippen LogP contribution is -2.49. The average molecular weight is 294 g/mol. The number of nitrogens with zero attached hydrogens (tertiary/aromatic N) is 3. The van der Waals surface area contributed by atoms with E-state index in [0.29, 0.717) is 13.1 Å². The fraction of sp³-hybridized carbons (Fsp3) is 0.786. The number of hydrogen-bond acceptors (Lipinski definition) is 6. The summed E-state index contributed by atoms with van der Waals surface area (Å²) < 4.78 is 0. The number of unbranched alkanes of at least 4 members (excludes halogenated alkanes) is 1. The highest BCUT2D eigenvalue weighted by Crippen LogP contribution is 2.25. The Bertz CT molecular complexity index is 402. The molecule has 7 nitrogen and oxygen atoms in total. The minimum Gasteiger partial charge on any atom is -0.340 e. The first-order chi connectivity index (χ1) is 10.3. The number of piperazine rings is 1. The minimum atomic E-state index is -0.163. The Morgan fingerprint density at radius 2 is 2.14 bits per heavy atom. The molecule has 0 aliphatic carbocycles. The van der Waals surface area contributed by atoms with Gasteiger partial charge >= 0.3 is 0 Å². The third-order valence-electron chi connectivity index (χ3n) is 4.02. The van der Waals surface area contributed by atoms with Crippen molar-refractivity contribution in [2.45, 2.75) is 25.3 Å². The molecule has 0 aromatic rings. The van der Waals surface area contributed by atoms with Crippen LogP contribution in [0.15, 0.2) is 22.0 Å². The zero-order valence-corrected chi connectivity index (χ0v) is 12.5. The summed E-state index contributed by atoms with van der Waals surface area (Å²) >= 11 is 0. The molecule has 1 amide bonds. The molecular formula is C14H26N6O. The van der Waals surface area contributed by atoms with Crippen molar-refractivity contribution in [1.29, 1.82) is 0 Å². The molecule has 7 heteroatoms. The van der Waals surface area contributed by atoms with Crippen LogP contribution in [0, 0.1) is 5.92 Å². The molecule has 2 aliphatic rings. The second-order valence-electron chi connectivity index (χ2n) is 5.53. The van der Waals surface area contributed by atoms with Crippen LogP contribution < -0.4 is 16.8 Å². The molecular weight excluding hydrogens is 268 g/mol. The Kier molecular flexibility index (Phi) is 6.28. The van der Waals surface area contributed by atoms with Gasteiger partial charge in [0.25, 0.3) is 0 Å². The Balaban J connectivity index is 2.02. The Hall–Kier alpha value is -1.31. The van der Waals surface area contributed by atoms with Crippen molar-refractivity contribution in [1.82, 2.24) is 10.2 Å². The van der Waals surface area contributed by atoms with Gasteiger partial charge in [-0.2, -0.15) is 10.2 Å². The normalized spacial score (nSPS) is 23.2. The summed E-state index contributed by atoms with van der Waals surface area (Å²) in [6.07, 6.45) is 4.62. The third-order valence-corrected chi connectivity index (χ3v) is 4.02. The fourth-order valence-corrected chi connectivity index (χ4v) is 2.78. The van der Waals surface area contributed by atoms with E-state index in [0.717, 1.165) is 51.1 Å². The number of nitrogens with one attached hydrogen (secondary N) is 1. The van der Waals surface area contributed by atoms with Gasteiger partial charge in [0.15, 0.2) is 0 Å². The molecule has 0 bridgehead atoms. The van der Waals surface area contributed by atoms with Crippen LogP contribution in [0.1, 0.15) is 19.3 Å². The number of amides is 1. The van der Waals surface area contributed by atoms with Gasteiger partial charge in [-0.25, -0.2) is 0 Å². The molecule has 2 heterocycles. The number of carbonyl (C=O) groups is 1. The van der Waals surface area contributed by atoms with Gasteiger partial charge in [-0.15, -0.1) is 0 Å². The smallest absolute Gasteiger partial charge is 0.228 e. The first kappa shape index (κ1) is 16.1. The van der Waals surface area contributed by atoms with E-state index in [1.165, 1.54) is 0 Å². The third kappa shape index (κ3) is 4.33. The van der Waals surface area contributed by atoms with E-state index in [9.17, 15) is 4.79 Å². The SMILES string of the molecule is NCCCC[C@@H](C(=O)N1CCNCC1)C1C=C(CN)N=N1. The first-order valence-electron chi connectivity index (χ1n) is 7.77. The van der Waals surface area contributed by atoms with Gasteiger partial charge in [0.2, 0.25) is 5.91 Å². The predicted octanol–water partition coefficient (Wildman–Crippen LogP) is -0.160. The monoisotopic (exact) mass is 294 g/mol. The number of nitrogens with two attached hydrogens (primary N) is 2. The maximum absolute atomic E-state index is 12.8. The predicted molar refractivity (Wildman–Crippen MR) is 81.6 cm³/mol. The molecule has 1 unspecified atom stereocenters. The number of hydrogen-bond donors (Lipinski definition) is 3. The van der Waals surface area contributed by atoms with E-state index in [-0.39, 0.29) is 17.9 Å². The topological polar surface area (TPSA) is 109 Å². The summed E-state index contributed by atoms with van der Waals surface area (Å²) in [4.78, 5) is 14.7. The van der Waals surface area contributed by atoms with Gasteiger partial charge in [-0.05, 0) is 25.5 Å². The number of azo groups is 1. The van der Waals surface area contributed by atoms with E-state index in [4.69, 9.17) is 11.5 Å². The van der Waals surface area contributed by atoms with Crippen LogP contribution in [-0.2, 0) is 4.79 Å². The minimum absolute atomic E-state index is 0.137. The van der Waals surface area contributed by atoms with Gasteiger partial charge in [0, 0.05) is 32.7 Å². The lowest BCUT2D eigenvalue weighted by molar-refractivity contribution is -0.136. The van der Waals surface area contributed by atoms with Crippen molar-refractivity contribution in [3.63, 3.8) is 0 Å². The van der Waals surface area contributed by atoms with Crippen LogP contribution in [-0.4, -0.2) is 56.1 Å². The standard InChI is InChI=1S/C14H26N6O/c15-4-2-1-3-12(13-9-11(10-16)18-19-13)14(21)20-7-5-17-6-8-20/h9,12-13,17H,1-8,10,15-16H2/t12-,13?/m1/s1. The second kappa shape index (κ2) is 8.21. The van der Waals surface area contributed by atoms with Crippen LogP contribution in [0.25, 0.3) is 0 Å². The van der Waals surface area contributed by atoms with Gasteiger partial charge in [0.1, 0.15) is 6.04 Å². The molecule has 0 spiro atoms. The average Bonchev–Trinajstić information content (AvgIpc) is 3.00. The van der Waals surface area contributed by atoms with E-state index < -0.39 is 0 Å². The molecule has 0 aromatic heterocycles. The Labute approximate surface area is 125 Å².